The normalized spacial score (nSPS) is 27.4. The zero-order valence-corrected chi connectivity index (χ0v) is 31.6. The second kappa shape index (κ2) is 20.6. The fourth-order valence-corrected chi connectivity index (χ4v) is 7.97. The molecule has 0 amide bonds. The Morgan fingerprint density at radius 1 is 0.980 bits per heavy atom. The maximum Gasteiger partial charge on any atom is 0.305 e. The van der Waals surface area contributed by atoms with Gasteiger partial charge >= 0.3 is 5.97 Å². The topological polar surface area (TPSA) is 107 Å². The van der Waals surface area contributed by atoms with Crippen LogP contribution < -0.4 is 0 Å². The molecule has 3 unspecified atom stereocenters. The number of methoxy groups -OCH3 is 1. The molecule has 2 aliphatic heterocycles. The van der Waals surface area contributed by atoms with E-state index in [0.717, 1.165) is 50.5 Å². The van der Waals surface area contributed by atoms with Gasteiger partial charge in [0.25, 0.3) is 10.1 Å². The van der Waals surface area contributed by atoms with E-state index in [0.29, 0.717) is 45.3 Å². The van der Waals surface area contributed by atoms with Crippen molar-refractivity contribution >= 4 is 16.1 Å². The first-order chi connectivity index (χ1) is 24.1. The number of rotatable bonds is 18. The standard InChI is InChI=1S/C40H60O9S/c1-29(2)18-21-31(4)35(47-39-16-10-12-26-45-39)25-24-34-33(14-8-6-7-9-15-38(41)44-5)37(28-36(34)48-40-17-11-13-27-46-40)49-50(42,43)32-22-19-30(3)20-23-32/h6,8,18-20,22-25,31,33-37,39-40H,7,9-17,21,26-28H2,1-5H3/t31?,33-,34-,35-,36-,37-,39?,40?/m1/s1. The number of ether oxygens (including phenoxy) is 5. The molecule has 1 aliphatic carbocycles. The third-order valence-electron chi connectivity index (χ3n) is 9.87. The lowest BCUT2D eigenvalue weighted by Crippen LogP contribution is -2.32. The van der Waals surface area contributed by atoms with Crippen molar-refractivity contribution in [2.45, 2.75) is 141 Å². The highest BCUT2D eigenvalue weighted by molar-refractivity contribution is 7.86. The molecule has 1 aromatic rings. The summed E-state index contributed by atoms with van der Waals surface area (Å²) < 4.78 is 63.5. The Hall–Kier alpha value is -2.34. The second-order valence-electron chi connectivity index (χ2n) is 14.3. The molecular formula is C40H60O9S. The van der Waals surface area contributed by atoms with Crippen LogP contribution in [0.15, 0.2) is 65.1 Å². The van der Waals surface area contributed by atoms with E-state index in [2.05, 4.69) is 51.2 Å². The lowest BCUT2D eigenvalue weighted by molar-refractivity contribution is -0.193. The number of esters is 1. The predicted molar refractivity (Wildman–Crippen MR) is 194 cm³/mol. The average Bonchev–Trinajstić information content (AvgIpc) is 3.41. The number of aryl methyl sites for hydroxylation is 1. The molecule has 0 aromatic heterocycles. The van der Waals surface area contributed by atoms with E-state index >= 15 is 0 Å². The number of hydrogen-bond donors (Lipinski definition) is 0. The molecule has 4 rings (SSSR count). The first-order valence-corrected chi connectivity index (χ1v) is 20.0. The highest BCUT2D eigenvalue weighted by atomic mass is 32.2. The van der Waals surface area contributed by atoms with Crippen LogP contribution in [-0.2, 0) is 42.8 Å². The van der Waals surface area contributed by atoms with Crippen molar-refractivity contribution in [3.63, 3.8) is 0 Å². The average molecular weight is 717 g/mol. The van der Waals surface area contributed by atoms with Crippen LogP contribution in [0.1, 0.15) is 103 Å². The van der Waals surface area contributed by atoms with E-state index in [9.17, 15) is 13.2 Å². The molecule has 3 fully saturated rings. The Balaban J connectivity index is 1.63. The van der Waals surface area contributed by atoms with Crippen molar-refractivity contribution in [3.05, 3.63) is 65.8 Å². The van der Waals surface area contributed by atoms with Crippen LogP contribution >= 0.6 is 0 Å². The van der Waals surface area contributed by atoms with Gasteiger partial charge in [0.1, 0.15) is 0 Å². The Morgan fingerprint density at radius 3 is 2.32 bits per heavy atom. The minimum atomic E-state index is -4.04. The first-order valence-electron chi connectivity index (χ1n) is 18.6. The van der Waals surface area contributed by atoms with Gasteiger partial charge in [-0.2, -0.15) is 8.42 Å². The van der Waals surface area contributed by atoms with Crippen LogP contribution in [0.5, 0.6) is 0 Å². The third kappa shape index (κ3) is 13.0. The Bertz CT molecular complexity index is 1350. The quantitative estimate of drug-likeness (QED) is 0.0641. The van der Waals surface area contributed by atoms with E-state index < -0.39 is 16.2 Å². The van der Waals surface area contributed by atoms with Crippen LogP contribution in [0.2, 0.25) is 0 Å². The molecule has 50 heavy (non-hydrogen) atoms. The highest BCUT2D eigenvalue weighted by Gasteiger charge is 2.46. The summed E-state index contributed by atoms with van der Waals surface area (Å²) in [6.45, 7) is 9.68. The molecule has 2 saturated heterocycles. The molecule has 1 saturated carbocycles. The van der Waals surface area contributed by atoms with E-state index in [1.165, 1.54) is 12.7 Å². The summed E-state index contributed by atoms with van der Waals surface area (Å²) in [5.41, 5.74) is 2.24. The van der Waals surface area contributed by atoms with Crippen molar-refractivity contribution in [2.75, 3.05) is 20.3 Å². The molecule has 0 bridgehead atoms. The van der Waals surface area contributed by atoms with Crippen molar-refractivity contribution < 1.29 is 41.1 Å². The largest absolute Gasteiger partial charge is 0.469 e. The number of benzene rings is 1. The summed E-state index contributed by atoms with van der Waals surface area (Å²) in [7, 11) is -2.64. The van der Waals surface area contributed by atoms with E-state index in [-0.39, 0.29) is 53.4 Å². The summed E-state index contributed by atoms with van der Waals surface area (Å²) in [5, 5.41) is 0. The van der Waals surface area contributed by atoms with Gasteiger partial charge in [-0.15, -0.1) is 0 Å². The van der Waals surface area contributed by atoms with E-state index in [4.69, 9.17) is 27.9 Å². The Kier molecular flexibility index (Phi) is 16.7. The molecule has 0 spiro atoms. The van der Waals surface area contributed by atoms with Crippen molar-refractivity contribution in [1.29, 1.82) is 0 Å². The van der Waals surface area contributed by atoms with Gasteiger partial charge in [0.05, 0.1) is 30.3 Å². The molecule has 8 atom stereocenters. The Labute approximate surface area is 300 Å². The zero-order chi connectivity index (χ0) is 35.9. The Morgan fingerprint density at radius 2 is 1.68 bits per heavy atom. The second-order valence-corrected chi connectivity index (χ2v) is 15.9. The van der Waals surface area contributed by atoms with Crippen molar-refractivity contribution in [2.24, 2.45) is 17.8 Å². The molecule has 2 heterocycles. The third-order valence-corrected chi connectivity index (χ3v) is 11.2. The van der Waals surface area contributed by atoms with Gasteiger partial charge in [-0.05, 0) is 109 Å². The fourth-order valence-electron chi connectivity index (χ4n) is 6.85. The molecule has 0 radical (unpaired) electrons. The number of hydrogen-bond acceptors (Lipinski definition) is 9. The van der Waals surface area contributed by atoms with Crippen LogP contribution in [-0.4, -0.2) is 65.6 Å². The van der Waals surface area contributed by atoms with Gasteiger partial charge < -0.3 is 23.7 Å². The van der Waals surface area contributed by atoms with Crippen LogP contribution in [0.3, 0.4) is 0 Å². The molecule has 3 aliphatic rings. The number of allylic oxidation sites excluding steroid dienone is 4. The summed E-state index contributed by atoms with van der Waals surface area (Å²) >= 11 is 0. The van der Waals surface area contributed by atoms with Crippen LogP contribution in [0.4, 0.5) is 0 Å². The number of unbranched alkanes of at least 4 members (excludes halogenated alkanes) is 1. The summed E-state index contributed by atoms with van der Waals surface area (Å²) in [4.78, 5) is 11.7. The molecule has 10 heteroatoms. The highest BCUT2D eigenvalue weighted by Crippen LogP contribution is 2.42. The molecule has 9 nitrogen and oxygen atoms in total. The first kappa shape index (κ1) is 40.4. The lowest BCUT2D eigenvalue weighted by atomic mass is 9.88. The SMILES string of the molecule is COC(=O)CCCC=CC[C@@H]1[C@@H](C=C[C@@H](OC2CCCCO2)C(C)CC=C(C)C)[C@H](OC2CCCCO2)C[C@H]1OS(=O)(=O)c1ccc(C)cc1. The van der Waals surface area contributed by atoms with E-state index in [1.54, 1.807) is 24.3 Å². The molecular weight excluding hydrogens is 656 g/mol. The fraction of sp³-hybridized carbons (Fsp3) is 0.675. The summed E-state index contributed by atoms with van der Waals surface area (Å²) in [6.07, 6.45) is 18.4. The van der Waals surface area contributed by atoms with Gasteiger partial charge in [-0.3, -0.25) is 8.98 Å². The van der Waals surface area contributed by atoms with Gasteiger partial charge in [0, 0.05) is 32.0 Å². The minimum absolute atomic E-state index is 0.140. The van der Waals surface area contributed by atoms with E-state index in [1.807, 2.05) is 6.92 Å². The zero-order valence-electron chi connectivity index (χ0n) is 30.8. The molecule has 1 aromatic carbocycles. The van der Waals surface area contributed by atoms with Gasteiger partial charge in [0.2, 0.25) is 0 Å². The van der Waals surface area contributed by atoms with Gasteiger partial charge in [-0.25, -0.2) is 0 Å². The van der Waals surface area contributed by atoms with Gasteiger partial charge in [-0.1, -0.05) is 60.6 Å². The van der Waals surface area contributed by atoms with Crippen molar-refractivity contribution in [3.8, 4) is 0 Å². The number of carbonyl (C=O) groups is 1. The minimum Gasteiger partial charge on any atom is -0.469 e. The van der Waals surface area contributed by atoms with Crippen LogP contribution in [0, 0.1) is 24.7 Å². The maximum atomic E-state index is 13.7. The molecule has 0 N–H and O–H groups in total. The summed E-state index contributed by atoms with van der Waals surface area (Å²) in [5.74, 6) is -0.395. The van der Waals surface area contributed by atoms with Gasteiger partial charge in [0.15, 0.2) is 12.6 Å². The molecule has 280 valence electrons. The smallest absolute Gasteiger partial charge is 0.305 e. The maximum absolute atomic E-state index is 13.7. The predicted octanol–water partition coefficient (Wildman–Crippen LogP) is 8.37. The summed E-state index contributed by atoms with van der Waals surface area (Å²) in [6, 6.07) is 6.76. The lowest BCUT2D eigenvalue weighted by Gasteiger charge is -2.31. The number of carbonyl (C=O) groups excluding carboxylic acids is 1. The monoisotopic (exact) mass is 716 g/mol. The van der Waals surface area contributed by atoms with Crippen LogP contribution in [0.25, 0.3) is 0 Å². The van der Waals surface area contributed by atoms with Crippen molar-refractivity contribution in [1.82, 2.24) is 0 Å².